The van der Waals surface area contributed by atoms with E-state index in [4.69, 9.17) is 0 Å². The summed E-state index contributed by atoms with van der Waals surface area (Å²) in [6.07, 6.45) is 2.43. The van der Waals surface area contributed by atoms with Crippen LogP contribution in [-0.4, -0.2) is 12.3 Å². The van der Waals surface area contributed by atoms with Crippen molar-refractivity contribution < 1.29 is 38.4 Å². The Hall–Kier alpha value is -0.355. The summed E-state index contributed by atoms with van der Waals surface area (Å²) in [4.78, 5) is 2.19. The van der Waals surface area contributed by atoms with Gasteiger partial charge in [-0.1, -0.05) is 0 Å². The maximum absolute atomic E-state index is 3.30. The van der Waals surface area contributed by atoms with Gasteiger partial charge in [-0.15, -0.1) is 24.8 Å². The molecule has 0 fully saturated rings. The molecular weight excluding hydrogens is 682 g/mol. The molecule has 0 spiro atoms. The summed E-state index contributed by atoms with van der Waals surface area (Å²) in [6.45, 7) is 0. The van der Waals surface area contributed by atoms with Crippen LogP contribution < -0.4 is 21.2 Å². The van der Waals surface area contributed by atoms with Crippen LogP contribution in [0.15, 0.2) is 121 Å². The van der Waals surface area contributed by atoms with E-state index < -0.39 is 0 Å². The van der Waals surface area contributed by atoms with Crippen LogP contribution in [0.3, 0.4) is 0 Å². The monoisotopic (exact) mass is 710 g/mol. The molecule has 0 bridgehead atoms. The van der Waals surface area contributed by atoms with Crippen LogP contribution >= 0.6 is 40.7 Å². The average molecular weight is 712 g/mol. The van der Waals surface area contributed by atoms with Gasteiger partial charge in [0.05, 0.1) is 0 Å². The minimum atomic E-state index is -0.188. The van der Waals surface area contributed by atoms with Crippen molar-refractivity contribution in [3.8, 4) is 0 Å². The van der Waals surface area contributed by atoms with E-state index in [0.717, 1.165) is 9.79 Å². The predicted molar refractivity (Wildman–Crippen MR) is 152 cm³/mol. The van der Waals surface area contributed by atoms with E-state index in [1.54, 1.807) is 0 Å². The molecule has 0 aromatic heterocycles. The van der Waals surface area contributed by atoms with Crippen LogP contribution in [0.2, 0.25) is 9.79 Å². The van der Waals surface area contributed by atoms with Crippen LogP contribution in [0.25, 0.3) is 0 Å². The molecule has 0 atom stereocenters. The second kappa shape index (κ2) is 18.8. The van der Waals surface area contributed by atoms with E-state index in [1.807, 2.05) is 0 Å². The number of halogens is 2. The molecule has 0 saturated carbocycles. The van der Waals surface area contributed by atoms with Gasteiger partial charge in [0.15, 0.2) is 0 Å². The van der Waals surface area contributed by atoms with Crippen LogP contribution in [0.5, 0.6) is 0 Å². The van der Waals surface area contributed by atoms with Gasteiger partial charge in [-0.05, 0) is 0 Å². The third-order valence-corrected chi connectivity index (χ3v) is 11.8. The summed E-state index contributed by atoms with van der Waals surface area (Å²) in [5, 5.41) is 5.87. The summed E-state index contributed by atoms with van der Waals surface area (Å²) in [7, 11) is -0.377. The quantitative estimate of drug-likeness (QED) is 0.136. The molecule has 186 valence electrons. The summed E-state index contributed by atoms with van der Waals surface area (Å²) < 4.78 is 0. The average Bonchev–Trinajstić information content (AvgIpc) is 2.88. The molecule has 0 heterocycles. The normalized spacial score (nSPS) is 10.1. The number of hydrogen-bond acceptors (Lipinski definition) is 0. The second-order valence-corrected chi connectivity index (χ2v) is 13.2. The number of benzene rings is 4. The standard InChI is InChI=1S/2C14H14P.2ClH.2Pd/c2*1-2-15(13-9-5-3-6-10-13)14-11-7-4-8-12-14;;;;/h2*3-12H,1-2H2;2*1H;;. The molecule has 4 aromatic carbocycles. The van der Waals surface area contributed by atoms with E-state index >= 15 is 0 Å². The van der Waals surface area contributed by atoms with E-state index in [9.17, 15) is 0 Å². The SMILES string of the molecule is Cl.Cl.[Pd][CH2]CP(c1ccccc1)c1ccccc1.[Pd][CH2]CP(c1ccccc1)c1ccccc1. The van der Waals surface area contributed by atoms with Gasteiger partial charge in [0.2, 0.25) is 0 Å². The molecule has 0 aliphatic rings. The van der Waals surface area contributed by atoms with E-state index in [1.165, 1.54) is 33.5 Å². The van der Waals surface area contributed by atoms with Crippen molar-refractivity contribution in [2.75, 3.05) is 12.3 Å². The first-order valence-corrected chi connectivity index (χ1v) is 15.9. The topological polar surface area (TPSA) is 0 Å². The Morgan fingerprint density at radius 3 is 0.765 bits per heavy atom. The van der Waals surface area contributed by atoms with Crippen molar-refractivity contribution in [2.24, 2.45) is 0 Å². The Bertz CT molecular complexity index is 844. The van der Waals surface area contributed by atoms with E-state index in [2.05, 4.69) is 160 Å². The zero-order valence-corrected chi connectivity index (χ0v) is 25.2. The molecule has 4 aromatic rings. The van der Waals surface area contributed by atoms with Gasteiger partial charge in [0.25, 0.3) is 0 Å². The number of rotatable bonds is 8. The summed E-state index contributed by atoms with van der Waals surface area (Å²) in [5.74, 6) is 0. The Morgan fingerprint density at radius 1 is 0.382 bits per heavy atom. The van der Waals surface area contributed by atoms with Gasteiger partial charge in [0.1, 0.15) is 0 Å². The van der Waals surface area contributed by atoms with E-state index in [0.29, 0.717) is 0 Å². The molecule has 0 unspecified atom stereocenters. The molecule has 0 aliphatic carbocycles. The zero-order chi connectivity index (χ0) is 22.4. The van der Waals surface area contributed by atoms with Crippen molar-refractivity contribution >= 4 is 61.9 Å². The molecule has 6 heteroatoms. The Morgan fingerprint density at radius 2 is 0.588 bits per heavy atom. The molecule has 4 rings (SSSR count). The van der Waals surface area contributed by atoms with Crippen molar-refractivity contribution in [3.05, 3.63) is 121 Å². The summed E-state index contributed by atoms with van der Waals surface area (Å²) in [6, 6.07) is 43.3. The maximum atomic E-state index is 3.30. The number of hydrogen-bond donors (Lipinski definition) is 0. The van der Waals surface area contributed by atoms with E-state index in [-0.39, 0.29) is 40.7 Å². The Balaban J connectivity index is 0.000000321. The van der Waals surface area contributed by atoms with Gasteiger partial charge in [-0.2, -0.15) is 0 Å². The van der Waals surface area contributed by atoms with Crippen LogP contribution in [-0.2, 0) is 38.4 Å². The molecule has 0 N–H and O–H groups in total. The fraction of sp³-hybridized carbons (Fsp3) is 0.143. The molecule has 0 aliphatic heterocycles. The van der Waals surface area contributed by atoms with Crippen LogP contribution in [0.4, 0.5) is 0 Å². The first-order chi connectivity index (χ1) is 15.8. The molecule has 0 amide bonds. The first kappa shape index (κ1) is 31.7. The minimum absolute atomic E-state index is 0. The van der Waals surface area contributed by atoms with Gasteiger partial charge in [0, 0.05) is 0 Å². The second-order valence-electron chi connectivity index (χ2n) is 6.96. The van der Waals surface area contributed by atoms with Crippen LogP contribution in [0, 0.1) is 0 Å². The van der Waals surface area contributed by atoms with Gasteiger partial charge >= 0.3 is 219 Å². The molecular formula is C28H30Cl2P2Pd2. The molecule has 34 heavy (non-hydrogen) atoms. The Kier molecular flexibility index (Phi) is 17.6. The summed E-state index contributed by atoms with van der Waals surface area (Å²) in [5.41, 5.74) is 0. The fourth-order valence-electron chi connectivity index (χ4n) is 3.39. The van der Waals surface area contributed by atoms with Gasteiger partial charge in [-0.3, -0.25) is 0 Å². The van der Waals surface area contributed by atoms with Crippen molar-refractivity contribution in [1.29, 1.82) is 0 Å². The summed E-state index contributed by atoms with van der Waals surface area (Å²) >= 11 is 6.60. The van der Waals surface area contributed by atoms with Crippen molar-refractivity contribution in [3.63, 3.8) is 0 Å². The van der Waals surface area contributed by atoms with Gasteiger partial charge < -0.3 is 0 Å². The molecule has 0 saturated heterocycles. The third kappa shape index (κ3) is 10.3. The third-order valence-electron chi connectivity index (χ3n) is 4.86. The van der Waals surface area contributed by atoms with Crippen molar-refractivity contribution in [1.82, 2.24) is 0 Å². The molecule has 0 radical (unpaired) electrons. The molecule has 0 nitrogen and oxygen atoms in total. The van der Waals surface area contributed by atoms with Crippen LogP contribution in [0.1, 0.15) is 0 Å². The fourth-order valence-corrected chi connectivity index (χ4v) is 9.51. The van der Waals surface area contributed by atoms with Gasteiger partial charge in [-0.25, -0.2) is 0 Å². The predicted octanol–water partition coefficient (Wildman–Crippen LogP) is 7.01. The van der Waals surface area contributed by atoms with Crippen molar-refractivity contribution in [2.45, 2.75) is 9.79 Å². The Labute approximate surface area is 241 Å². The zero-order valence-electron chi connectivity index (χ0n) is 18.7. The first-order valence-electron chi connectivity index (χ1n) is 10.6.